The summed E-state index contributed by atoms with van der Waals surface area (Å²) >= 11 is 0. The van der Waals surface area contributed by atoms with Crippen molar-refractivity contribution in [1.82, 2.24) is 9.97 Å². The van der Waals surface area contributed by atoms with Gasteiger partial charge >= 0.3 is 0 Å². The van der Waals surface area contributed by atoms with Gasteiger partial charge in [0.2, 0.25) is 5.95 Å². The molecule has 5 heteroatoms. The average molecular weight is 237 g/mol. The predicted molar refractivity (Wildman–Crippen MR) is 72.3 cm³/mol. The van der Waals surface area contributed by atoms with E-state index in [2.05, 4.69) is 29.1 Å². The lowest BCUT2D eigenvalue weighted by molar-refractivity contribution is 0.508. The van der Waals surface area contributed by atoms with Crippen LogP contribution in [0.3, 0.4) is 0 Å². The van der Waals surface area contributed by atoms with Crippen molar-refractivity contribution in [3.8, 4) is 0 Å². The van der Waals surface area contributed by atoms with E-state index in [0.717, 1.165) is 18.8 Å². The molecule has 0 spiro atoms. The largest absolute Gasteiger partial charge is 0.368 e. The summed E-state index contributed by atoms with van der Waals surface area (Å²) in [6.07, 6.45) is 2.76. The van der Waals surface area contributed by atoms with Gasteiger partial charge in [0.25, 0.3) is 0 Å². The first-order chi connectivity index (χ1) is 7.99. The molecule has 3 N–H and O–H groups in total. The molecule has 1 heterocycles. The Balaban J connectivity index is 2.49. The van der Waals surface area contributed by atoms with Crippen molar-refractivity contribution >= 4 is 11.8 Å². The molecule has 1 atom stereocenters. The Bertz CT molecular complexity index is 337. The molecular formula is C12H23N5. The van der Waals surface area contributed by atoms with Crippen molar-refractivity contribution in [3.05, 3.63) is 12.3 Å². The lowest BCUT2D eigenvalue weighted by atomic mass is 10.0. The van der Waals surface area contributed by atoms with E-state index in [4.69, 9.17) is 5.73 Å². The molecule has 5 nitrogen and oxygen atoms in total. The molecule has 0 saturated carbocycles. The van der Waals surface area contributed by atoms with E-state index in [9.17, 15) is 0 Å². The molecule has 0 aromatic carbocycles. The van der Waals surface area contributed by atoms with Gasteiger partial charge in [-0.3, -0.25) is 0 Å². The van der Waals surface area contributed by atoms with Gasteiger partial charge in [-0.15, -0.1) is 0 Å². The molecule has 17 heavy (non-hydrogen) atoms. The molecule has 96 valence electrons. The monoisotopic (exact) mass is 237 g/mol. The Morgan fingerprint density at radius 3 is 2.71 bits per heavy atom. The summed E-state index contributed by atoms with van der Waals surface area (Å²) in [5.74, 6) is 2.14. The number of nitrogens with two attached hydrogens (primary N) is 1. The van der Waals surface area contributed by atoms with Crippen LogP contribution in [0.4, 0.5) is 11.8 Å². The van der Waals surface area contributed by atoms with E-state index in [1.54, 1.807) is 6.20 Å². The number of anilines is 2. The third-order valence-corrected chi connectivity index (χ3v) is 2.36. The van der Waals surface area contributed by atoms with Gasteiger partial charge < -0.3 is 16.0 Å². The molecule has 1 rings (SSSR count). The maximum absolute atomic E-state index is 6.00. The number of aromatic nitrogens is 2. The van der Waals surface area contributed by atoms with Crippen molar-refractivity contribution in [2.75, 3.05) is 30.9 Å². The van der Waals surface area contributed by atoms with Gasteiger partial charge in [-0.25, -0.2) is 4.98 Å². The van der Waals surface area contributed by atoms with Gasteiger partial charge in [0.05, 0.1) is 0 Å². The van der Waals surface area contributed by atoms with Gasteiger partial charge in [-0.2, -0.15) is 4.98 Å². The van der Waals surface area contributed by atoms with Crippen LogP contribution >= 0.6 is 0 Å². The van der Waals surface area contributed by atoms with E-state index in [-0.39, 0.29) is 6.04 Å². The van der Waals surface area contributed by atoms with Crippen LogP contribution in [0.5, 0.6) is 0 Å². The summed E-state index contributed by atoms with van der Waals surface area (Å²) in [5.41, 5.74) is 6.00. The molecule has 1 aromatic rings. The first-order valence-electron chi connectivity index (χ1n) is 5.99. The van der Waals surface area contributed by atoms with E-state index in [1.165, 1.54) is 0 Å². The van der Waals surface area contributed by atoms with Crippen LogP contribution in [0.2, 0.25) is 0 Å². The Hall–Kier alpha value is -1.36. The van der Waals surface area contributed by atoms with Crippen molar-refractivity contribution in [3.63, 3.8) is 0 Å². The van der Waals surface area contributed by atoms with Crippen molar-refractivity contribution in [1.29, 1.82) is 0 Å². The fourth-order valence-corrected chi connectivity index (χ4v) is 1.59. The highest BCUT2D eigenvalue weighted by atomic mass is 15.2. The Morgan fingerprint density at radius 1 is 1.41 bits per heavy atom. The smallest absolute Gasteiger partial charge is 0.226 e. The minimum atomic E-state index is 0.160. The summed E-state index contributed by atoms with van der Waals surface area (Å²) in [6, 6.07) is 2.02. The van der Waals surface area contributed by atoms with Crippen molar-refractivity contribution < 1.29 is 0 Å². The standard InChI is InChI=1S/C12H23N5/c1-9(2)7-10(13)8-15-11-5-6-14-12(16-11)17(3)4/h5-6,9-10H,7-8,13H2,1-4H3,(H,14,15,16). The van der Waals surface area contributed by atoms with Gasteiger partial charge in [0.1, 0.15) is 5.82 Å². The highest BCUT2D eigenvalue weighted by Gasteiger charge is 2.06. The summed E-state index contributed by atoms with van der Waals surface area (Å²) in [5, 5.41) is 3.24. The zero-order valence-corrected chi connectivity index (χ0v) is 11.1. The number of hydrogen-bond acceptors (Lipinski definition) is 5. The Labute approximate surface area is 103 Å². The maximum atomic E-state index is 6.00. The molecule has 1 aromatic heterocycles. The van der Waals surface area contributed by atoms with Crippen LogP contribution in [0, 0.1) is 5.92 Å². The third kappa shape index (κ3) is 4.99. The lowest BCUT2D eigenvalue weighted by Gasteiger charge is -2.16. The third-order valence-electron chi connectivity index (χ3n) is 2.36. The van der Waals surface area contributed by atoms with E-state index in [1.807, 2.05) is 25.1 Å². The number of hydrogen-bond donors (Lipinski definition) is 2. The minimum Gasteiger partial charge on any atom is -0.368 e. The molecule has 0 fully saturated rings. The van der Waals surface area contributed by atoms with E-state index in [0.29, 0.717) is 11.9 Å². The summed E-state index contributed by atoms with van der Waals surface area (Å²) in [7, 11) is 3.84. The second-order valence-electron chi connectivity index (χ2n) is 4.91. The number of nitrogens with one attached hydrogen (secondary N) is 1. The highest BCUT2D eigenvalue weighted by Crippen LogP contribution is 2.09. The predicted octanol–water partition coefficient (Wildman–Crippen LogP) is 1.33. The summed E-state index contributed by atoms with van der Waals surface area (Å²) < 4.78 is 0. The fraction of sp³-hybridized carbons (Fsp3) is 0.667. The van der Waals surface area contributed by atoms with Crippen LogP contribution in [0.25, 0.3) is 0 Å². The molecule has 0 aliphatic rings. The van der Waals surface area contributed by atoms with Crippen molar-refractivity contribution in [2.45, 2.75) is 26.3 Å². The number of rotatable bonds is 6. The molecule has 0 saturated heterocycles. The minimum absolute atomic E-state index is 0.160. The Kier molecular flexibility index (Phi) is 5.15. The quantitative estimate of drug-likeness (QED) is 0.781. The van der Waals surface area contributed by atoms with Crippen LogP contribution in [-0.4, -0.2) is 36.6 Å². The maximum Gasteiger partial charge on any atom is 0.226 e. The van der Waals surface area contributed by atoms with Crippen LogP contribution in [0.15, 0.2) is 12.3 Å². The molecule has 0 radical (unpaired) electrons. The SMILES string of the molecule is CC(C)CC(N)CNc1ccnc(N(C)C)n1. The summed E-state index contributed by atoms with van der Waals surface area (Å²) in [4.78, 5) is 10.4. The normalized spacial score (nSPS) is 12.6. The second kappa shape index (κ2) is 6.39. The Morgan fingerprint density at radius 2 is 2.12 bits per heavy atom. The summed E-state index contributed by atoms with van der Waals surface area (Å²) in [6.45, 7) is 5.09. The molecular weight excluding hydrogens is 214 g/mol. The van der Waals surface area contributed by atoms with Gasteiger partial charge in [-0.1, -0.05) is 13.8 Å². The van der Waals surface area contributed by atoms with E-state index >= 15 is 0 Å². The zero-order valence-electron chi connectivity index (χ0n) is 11.1. The molecule has 0 aliphatic carbocycles. The van der Waals surface area contributed by atoms with Crippen LogP contribution in [0.1, 0.15) is 20.3 Å². The lowest BCUT2D eigenvalue weighted by Crippen LogP contribution is -2.30. The van der Waals surface area contributed by atoms with E-state index < -0.39 is 0 Å². The van der Waals surface area contributed by atoms with Crippen molar-refractivity contribution in [2.24, 2.45) is 11.7 Å². The van der Waals surface area contributed by atoms with Gasteiger partial charge in [-0.05, 0) is 18.4 Å². The highest BCUT2D eigenvalue weighted by molar-refractivity contribution is 5.40. The first-order valence-corrected chi connectivity index (χ1v) is 5.99. The average Bonchev–Trinajstić information content (AvgIpc) is 2.26. The molecule has 0 aliphatic heterocycles. The number of nitrogens with zero attached hydrogens (tertiary/aromatic N) is 3. The van der Waals surface area contributed by atoms with Gasteiger partial charge in [0, 0.05) is 32.9 Å². The first kappa shape index (κ1) is 13.7. The topological polar surface area (TPSA) is 67.1 Å². The second-order valence-corrected chi connectivity index (χ2v) is 4.91. The van der Waals surface area contributed by atoms with Crippen LogP contribution < -0.4 is 16.0 Å². The molecule has 1 unspecified atom stereocenters. The molecule has 0 amide bonds. The van der Waals surface area contributed by atoms with Gasteiger partial charge in [0.15, 0.2) is 0 Å². The van der Waals surface area contributed by atoms with Crippen LogP contribution in [-0.2, 0) is 0 Å². The fourth-order valence-electron chi connectivity index (χ4n) is 1.59. The molecule has 0 bridgehead atoms. The zero-order chi connectivity index (χ0) is 12.8.